The summed E-state index contributed by atoms with van der Waals surface area (Å²) >= 11 is 0. The maximum absolute atomic E-state index is 12.6. The van der Waals surface area contributed by atoms with Crippen LogP contribution < -0.4 is 14.2 Å². The number of nitrogens with zero attached hydrogens (tertiary/aromatic N) is 1. The molecule has 0 bridgehead atoms. The van der Waals surface area contributed by atoms with Crippen LogP contribution in [0.1, 0.15) is 27.6 Å². The minimum Gasteiger partial charge on any atom is -0.465 e. The molecule has 0 aliphatic carbocycles. The molecule has 1 aromatic heterocycles. The number of hydrogen-bond acceptors (Lipinski definition) is 7. The Bertz CT molecular complexity index is 1080. The van der Waals surface area contributed by atoms with Crippen molar-refractivity contribution in [3.63, 3.8) is 0 Å². The van der Waals surface area contributed by atoms with E-state index in [1.54, 1.807) is 12.1 Å². The number of hydrogen-bond donors (Lipinski definition) is 1. The lowest BCUT2D eigenvalue weighted by molar-refractivity contribution is -0.0693. The molecule has 1 N–H and O–H groups in total. The van der Waals surface area contributed by atoms with Crippen LogP contribution >= 0.6 is 0 Å². The van der Waals surface area contributed by atoms with E-state index in [2.05, 4.69) is 19.2 Å². The standard InChI is InChI=1S/C22H17F4NO6/c1-30-20(29)12-2-6-15(7-3-12)31-18-9-5-14(11-27-18)19(28)13-4-8-16(32-21(23)24)17(10-13)33-22(25)26/h2-11,19,21-22,28H,1H3. The first-order chi connectivity index (χ1) is 15.8. The van der Waals surface area contributed by atoms with E-state index in [0.717, 1.165) is 12.1 Å². The summed E-state index contributed by atoms with van der Waals surface area (Å²) in [4.78, 5) is 15.5. The lowest BCUT2D eigenvalue weighted by atomic mass is 10.0. The zero-order chi connectivity index (χ0) is 24.0. The van der Waals surface area contributed by atoms with Crippen molar-refractivity contribution in [2.75, 3.05) is 7.11 Å². The van der Waals surface area contributed by atoms with Gasteiger partial charge < -0.3 is 24.1 Å². The maximum Gasteiger partial charge on any atom is 0.387 e. The van der Waals surface area contributed by atoms with Crippen LogP contribution in [-0.4, -0.2) is 36.4 Å². The molecule has 11 heteroatoms. The Hall–Kier alpha value is -3.86. The topological polar surface area (TPSA) is 87.1 Å². The number of ether oxygens (including phenoxy) is 4. The van der Waals surface area contributed by atoms with Gasteiger partial charge in [-0.3, -0.25) is 0 Å². The first kappa shape index (κ1) is 23.8. The van der Waals surface area contributed by atoms with Crippen molar-refractivity contribution in [2.24, 2.45) is 0 Å². The number of alkyl halides is 4. The number of esters is 1. The summed E-state index contributed by atoms with van der Waals surface area (Å²) in [5.74, 6) is -1.16. The Labute approximate surface area is 185 Å². The van der Waals surface area contributed by atoms with E-state index in [-0.39, 0.29) is 17.0 Å². The summed E-state index contributed by atoms with van der Waals surface area (Å²) < 4.78 is 68.8. The smallest absolute Gasteiger partial charge is 0.387 e. The van der Waals surface area contributed by atoms with Gasteiger partial charge in [0.15, 0.2) is 11.5 Å². The average Bonchev–Trinajstić information content (AvgIpc) is 2.79. The van der Waals surface area contributed by atoms with E-state index in [0.29, 0.717) is 11.3 Å². The zero-order valence-electron chi connectivity index (χ0n) is 17.0. The third kappa shape index (κ3) is 6.32. The fraction of sp³-hybridized carbons (Fsp3) is 0.182. The van der Waals surface area contributed by atoms with E-state index < -0.39 is 36.8 Å². The number of carbonyl (C=O) groups is 1. The van der Waals surface area contributed by atoms with Crippen molar-refractivity contribution in [3.8, 4) is 23.1 Å². The van der Waals surface area contributed by atoms with Crippen LogP contribution in [0, 0.1) is 0 Å². The number of halogens is 4. The molecule has 0 aliphatic heterocycles. The SMILES string of the molecule is COC(=O)c1ccc(Oc2ccc(C(O)c3ccc(OC(F)F)c(OC(F)F)c3)cn2)cc1. The van der Waals surface area contributed by atoms with Crippen molar-refractivity contribution in [3.05, 3.63) is 77.5 Å². The maximum atomic E-state index is 12.6. The normalized spacial score (nSPS) is 11.9. The Morgan fingerprint density at radius 1 is 0.879 bits per heavy atom. The average molecular weight is 467 g/mol. The van der Waals surface area contributed by atoms with Crippen molar-refractivity contribution in [1.29, 1.82) is 0 Å². The highest BCUT2D eigenvalue weighted by Gasteiger charge is 2.19. The number of aromatic nitrogens is 1. The van der Waals surface area contributed by atoms with Gasteiger partial charge in [-0.05, 0) is 48.0 Å². The van der Waals surface area contributed by atoms with E-state index in [1.807, 2.05) is 0 Å². The Morgan fingerprint density at radius 3 is 2.09 bits per heavy atom. The molecule has 7 nitrogen and oxygen atoms in total. The summed E-state index contributed by atoms with van der Waals surface area (Å²) in [6.07, 6.45) is -0.0356. The number of aliphatic hydroxyl groups excluding tert-OH is 1. The summed E-state index contributed by atoms with van der Waals surface area (Å²) in [6.45, 7) is -6.52. The monoisotopic (exact) mass is 467 g/mol. The molecule has 33 heavy (non-hydrogen) atoms. The van der Waals surface area contributed by atoms with Gasteiger partial charge in [-0.2, -0.15) is 17.6 Å². The molecule has 0 aliphatic rings. The molecule has 1 atom stereocenters. The summed E-state index contributed by atoms with van der Waals surface area (Å²) in [5.41, 5.74) is 0.700. The van der Waals surface area contributed by atoms with E-state index >= 15 is 0 Å². The van der Waals surface area contributed by atoms with Gasteiger partial charge in [0.25, 0.3) is 0 Å². The molecule has 1 unspecified atom stereocenters. The van der Waals surface area contributed by atoms with Crippen molar-refractivity contribution in [1.82, 2.24) is 4.98 Å². The molecule has 1 heterocycles. The lowest BCUT2D eigenvalue weighted by Gasteiger charge is -2.16. The number of benzene rings is 2. The fourth-order valence-electron chi connectivity index (χ4n) is 2.78. The van der Waals surface area contributed by atoms with Gasteiger partial charge in [-0.25, -0.2) is 9.78 Å². The number of rotatable bonds is 9. The molecular weight excluding hydrogens is 450 g/mol. The highest BCUT2D eigenvalue weighted by atomic mass is 19.3. The zero-order valence-corrected chi connectivity index (χ0v) is 17.0. The summed E-state index contributed by atoms with van der Waals surface area (Å²) in [7, 11) is 1.27. The van der Waals surface area contributed by atoms with Gasteiger partial charge in [0.05, 0.1) is 12.7 Å². The van der Waals surface area contributed by atoms with Gasteiger partial charge in [0, 0.05) is 17.8 Å². The van der Waals surface area contributed by atoms with Crippen LogP contribution in [0.4, 0.5) is 17.6 Å². The van der Waals surface area contributed by atoms with Crippen molar-refractivity contribution in [2.45, 2.75) is 19.3 Å². The second-order valence-corrected chi connectivity index (χ2v) is 6.41. The van der Waals surface area contributed by atoms with Gasteiger partial charge >= 0.3 is 19.2 Å². The Morgan fingerprint density at radius 2 is 1.52 bits per heavy atom. The molecule has 0 saturated heterocycles. The first-order valence-corrected chi connectivity index (χ1v) is 9.30. The summed E-state index contributed by atoms with van der Waals surface area (Å²) in [6, 6.07) is 12.2. The molecule has 0 radical (unpaired) electrons. The minimum atomic E-state index is -3.28. The van der Waals surface area contributed by atoms with Gasteiger partial charge in [-0.15, -0.1) is 0 Å². The molecule has 0 amide bonds. The van der Waals surface area contributed by atoms with Gasteiger partial charge in [-0.1, -0.05) is 6.07 Å². The molecule has 174 valence electrons. The number of methoxy groups -OCH3 is 1. The lowest BCUT2D eigenvalue weighted by Crippen LogP contribution is -2.09. The predicted molar refractivity (Wildman–Crippen MR) is 106 cm³/mol. The first-order valence-electron chi connectivity index (χ1n) is 9.30. The largest absolute Gasteiger partial charge is 0.465 e. The third-order valence-corrected chi connectivity index (χ3v) is 4.29. The highest BCUT2D eigenvalue weighted by molar-refractivity contribution is 5.89. The third-order valence-electron chi connectivity index (χ3n) is 4.29. The minimum absolute atomic E-state index is 0.0844. The second kappa shape index (κ2) is 10.6. The number of pyridine rings is 1. The van der Waals surface area contributed by atoms with Crippen molar-refractivity contribution >= 4 is 5.97 Å². The van der Waals surface area contributed by atoms with Crippen LogP contribution in [0.25, 0.3) is 0 Å². The molecule has 3 aromatic rings. The molecule has 0 spiro atoms. The summed E-state index contributed by atoms with van der Waals surface area (Å²) in [5, 5.41) is 10.6. The van der Waals surface area contributed by atoms with Crippen LogP contribution in [0.5, 0.6) is 23.1 Å². The van der Waals surface area contributed by atoms with E-state index in [1.165, 1.54) is 43.6 Å². The van der Waals surface area contributed by atoms with Gasteiger partial charge in [0.1, 0.15) is 11.9 Å². The van der Waals surface area contributed by atoms with Crippen LogP contribution in [0.2, 0.25) is 0 Å². The van der Waals surface area contributed by atoms with Crippen LogP contribution in [0.15, 0.2) is 60.8 Å². The highest BCUT2D eigenvalue weighted by Crippen LogP contribution is 2.34. The van der Waals surface area contributed by atoms with E-state index in [9.17, 15) is 27.5 Å². The Kier molecular flexibility index (Phi) is 7.67. The van der Waals surface area contributed by atoms with Crippen LogP contribution in [-0.2, 0) is 4.74 Å². The van der Waals surface area contributed by atoms with Crippen molar-refractivity contribution < 1.29 is 46.4 Å². The fourth-order valence-corrected chi connectivity index (χ4v) is 2.78. The number of carbonyl (C=O) groups excluding carboxylic acids is 1. The molecular formula is C22H17F4NO6. The molecule has 0 saturated carbocycles. The molecule has 2 aromatic carbocycles. The predicted octanol–water partition coefficient (Wildman–Crippen LogP) is 4.95. The molecule has 0 fully saturated rings. The number of aliphatic hydroxyl groups is 1. The Balaban J connectivity index is 1.74. The quantitative estimate of drug-likeness (QED) is 0.352. The van der Waals surface area contributed by atoms with Crippen LogP contribution in [0.3, 0.4) is 0 Å². The van der Waals surface area contributed by atoms with Gasteiger partial charge in [0.2, 0.25) is 5.88 Å². The molecule has 3 rings (SSSR count). The second-order valence-electron chi connectivity index (χ2n) is 6.41. The van der Waals surface area contributed by atoms with E-state index in [4.69, 9.17) is 4.74 Å².